The van der Waals surface area contributed by atoms with Gasteiger partial charge in [-0.1, -0.05) is 13.8 Å². The lowest BCUT2D eigenvalue weighted by molar-refractivity contribution is 0.111. The van der Waals surface area contributed by atoms with Gasteiger partial charge in [0.05, 0.1) is 13.1 Å². The van der Waals surface area contributed by atoms with Crippen molar-refractivity contribution in [3.8, 4) is 0 Å². The lowest BCUT2D eigenvalue weighted by Crippen LogP contribution is -2.46. The van der Waals surface area contributed by atoms with Gasteiger partial charge in [0, 0.05) is 32.7 Å². The third-order valence-electron chi connectivity index (χ3n) is 3.88. The highest BCUT2D eigenvalue weighted by Crippen LogP contribution is 2.17. The second kappa shape index (κ2) is 7.25. The van der Waals surface area contributed by atoms with Crippen LogP contribution in [0.2, 0.25) is 0 Å². The van der Waals surface area contributed by atoms with E-state index in [9.17, 15) is 0 Å². The Hall–Kier alpha value is -0.840. The number of rotatable bonds is 6. The summed E-state index contributed by atoms with van der Waals surface area (Å²) in [5.74, 6) is 2.93. The monoisotopic (exact) mass is 279 g/mol. The molecule has 1 fully saturated rings. The van der Waals surface area contributed by atoms with Crippen molar-refractivity contribution in [2.45, 2.75) is 33.9 Å². The van der Waals surface area contributed by atoms with E-state index in [-0.39, 0.29) is 0 Å². The van der Waals surface area contributed by atoms with Gasteiger partial charge in [0.15, 0.2) is 0 Å². The van der Waals surface area contributed by atoms with Gasteiger partial charge in [0.2, 0.25) is 0 Å². The summed E-state index contributed by atoms with van der Waals surface area (Å²) < 4.78 is 5.93. The molecule has 2 heterocycles. The van der Waals surface area contributed by atoms with Crippen molar-refractivity contribution < 1.29 is 4.42 Å². The molecule has 1 aromatic rings. The van der Waals surface area contributed by atoms with Crippen LogP contribution in [0.4, 0.5) is 0 Å². The Kier molecular flexibility index (Phi) is 5.64. The highest BCUT2D eigenvalue weighted by atomic mass is 16.3. The number of hydrogen-bond donors (Lipinski definition) is 1. The molecule has 20 heavy (non-hydrogen) atoms. The van der Waals surface area contributed by atoms with Gasteiger partial charge < -0.3 is 14.6 Å². The normalized spacial score (nSPS) is 18.1. The molecule has 2 rings (SSSR count). The molecule has 1 aliphatic heterocycles. The van der Waals surface area contributed by atoms with Crippen LogP contribution < -0.4 is 5.32 Å². The molecule has 0 unspecified atom stereocenters. The molecule has 114 valence electrons. The van der Waals surface area contributed by atoms with Gasteiger partial charge in [-0.2, -0.15) is 0 Å². The SMILES string of the molecule is CNCc1oc(CN2CCN(CC(C)C)CC2)cc1C. The van der Waals surface area contributed by atoms with Crippen molar-refractivity contribution in [3.63, 3.8) is 0 Å². The third kappa shape index (κ3) is 4.33. The van der Waals surface area contributed by atoms with Gasteiger partial charge in [0.1, 0.15) is 11.5 Å². The standard InChI is InChI=1S/C16H29N3O/c1-13(2)11-18-5-7-19(8-6-18)12-15-9-14(3)16(20-15)10-17-4/h9,13,17H,5-8,10-12H2,1-4H3. The van der Waals surface area contributed by atoms with E-state index in [1.54, 1.807) is 0 Å². The summed E-state index contributed by atoms with van der Waals surface area (Å²) in [6, 6.07) is 2.19. The Morgan fingerprint density at radius 2 is 1.85 bits per heavy atom. The van der Waals surface area contributed by atoms with E-state index in [0.717, 1.165) is 43.6 Å². The average Bonchev–Trinajstić information content (AvgIpc) is 2.72. The van der Waals surface area contributed by atoms with Crippen LogP contribution >= 0.6 is 0 Å². The number of aryl methyl sites for hydroxylation is 1. The Morgan fingerprint density at radius 1 is 1.20 bits per heavy atom. The zero-order valence-electron chi connectivity index (χ0n) is 13.4. The van der Waals surface area contributed by atoms with Crippen molar-refractivity contribution in [2.24, 2.45) is 5.92 Å². The zero-order chi connectivity index (χ0) is 14.5. The molecule has 0 amide bonds. The molecule has 1 saturated heterocycles. The maximum Gasteiger partial charge on any atom is 0.120 e. The maximum absolute atomic E-state index is 5.93. The fourth-order valence-electron chi connectivity index (χ4n) is 2.87. The number of hydrogen-bond acceptors (Lipinski definition) is 4. The quantitative estimate of drug-likeness (QED) is 0.864. The second-order valence-corrected chi connectivity index (χ2v) is 6.32. The molecule has 1 aliphatic rings. The fourth-order valence-corrected chi connectivity index (χ4v) is 2.87. The summed E-state index contributed by atoms with van der Waals surface area (Å²) in [5, 5.41) is 3.15. The van der Waals surface area contributed by atoms with Crippen molar-refractivity contribution in [2.75, 3.05) is 39.8 Å². The van der Waals surface area contributed by atoms with Crippen molar-refractivity contribution in [1.29, 1.82) is 0 Å². The van der Waals surface area contributed by atoms with Crippen LogP contribution in [0.5, 0.6) is 0 Å². The van der Waals surface area contributed by atoms with E-state index >= 15 is 0 Å². The Bertz CT molecular complexity index is 406. The Balaban J connectivity index is 1.82. The molecule has 4 nitrogen and oxygen atoms in total. The van der Waals surface area contributed by atoms with Crippen LogP contribution in [0.1, 0.15) is 30.9 Å². The first-order chi connectivity index (χ1) is 9.58. The predicted molar refractivity (Wildman–Crippen MR) is 82.8 cm³/mol. The van der Waals surface area contributed by atoms with Crippen LogP contribution in [0.3, 0.4) is 0 Å². The fraction of sp³-hybridized carbons (Fsp3) is 0.750. The summed E-state index contributed by atoms with van der Waals surface area (Å²) in [6.07, 6.45) is 0. The smallest absolute Gasteiger partial charge is 0.120 e. The van der Waals surface area contributed by atoms with E-state index in [0.29, 0.717) is 0 Å². The minimum Gasteiger partial charge on any atom is -0.463 e. The van der Waals surface area contributed by atoms with Crippen LogP contribution in [-0.4, -0.2) is 49.6 Å². The van der Waals surface area contributed by atoms with Crippen LogP contribution in [0.15, 0.2) is 10.5 Å². The summed E-state index contributed by atoms with van der Waals surface area (Å²) in [4.78, 5) is 5.07. The van der Waals surface area contributed by atoms with E-state index in [1.165, 1.54) is 25.2 Å². The highest BCUT2D eigenvalue weighted by molar-refractivity contribution is 5.20. The molecular weight excluding hydrogens is 250 g/mol. The minimum atomic E-state index is 0.762. The molecule has 0 spiro atoms. The molecule has 0 radical (unpaired) electrons. The van der Waals surface area contributed by atoms with Crippen LogP contribution in [0, 0.1) is 12.8 Å². The van der Waals surface area contributed by atoms with Crippen LogP contribution in [0.25, 0.3) is 0 Å². The van der Waals surface area contributed by atoms with Gasteiger partial charge in [-0.25, -0.2) is 0 Å². The highest BCUT2D eigenvalue weighted by Gasteiger charge is 2.19. The Labute approximate surface area is 123 Å². The summed E-state index contributed by atoms with van der Waals surface area (Å²) >= 11 is 0. The van der Waals surface area contributed by atoms with Gasteiger partial charge >= 0.3 is 0 Å². The summed E-state index contributed by atoms with van der Waals surface area (Å²) in [5.41, 5.74) is 1.26. The average molecular weight is 279 g/mol. The van der Waals surface area contributed by atoms with Gasteiger partial charge in [0.25, 0.3) is 0 Å². The van der Waals surface area contributed by atoms with Crippen molar-refractivity contribution >= 4 is 0 Å². The Morgan fingerprint density at radius 3 is 2.45 bits per heavy atom. The molecular formula is C16H29N3O. The minimum absolute atomic E-state index is 0.762. The molecule has 0 atom stereocenters. The number of piperazine rings is 1. The first kappa shape index (κ1) is 15.5. The maximum atomic E-state index is 5.93. The van der Waals surface area contributed by atoms with Gasteiger partial charge in [-0.15, -0.1) is 0 Å². The van der Waals surface area contributed by atoms with Gasteiger partial charge in [-0.3, -0.25) is 4.90 Å². The van der Waals surface area contributed by atoms with Crippen molar-refractivity contribution in [1.82, 2.24) is 15.1 Å². The van der Waals surface area contributed by atoms with E-state index < -0.39 is 0 Å². The van der Waals surface area contributed by atoms with E-state index in [1.807, 2.05) is 7.05 Å². The molecule has 0 bridgehead atoms. The van der Waals surface area contributed by atoms with Crippen molar-refractivity contribution in [3.05, 3.63) is 23.2 Å². The third-order valence-corrected chi connectivity index (χ3v) is 3.88. The molecule has 0 aliphatic carbocycles. The molecule has 1 N–H and O–H groups in total. The molecule has 1 aromatic heterocycles. The first-order valence-corrected chi connectivity index (χ1v) is 7.76. The largest absolute Gasteiger partial charge is 0.463 e. The first-order valence-electron chi connectivity index (χ1n) is 7.76. The molecule has 0 saturated carbocycles. The zero-order valence-corrected chi connectivity index (χ0v) is 13.4. The van der Waals surface area contributed by atoms with Crippen LogP contribution in [-0.2, 0) is 13.1 Å². The molecule has 0 aromatic carbocycles. The summed E-state index contributed by atoms with van der Waals surface area (Å²) in [7, 11) is 1.95. The predicted octanol–water partition coefficient (Wildman–Crippen LogP) is 2.08. The topological polar surface area (TPSA) is 31.7 Å². The van der Waals surface area contributed by atoms with E-state index in [4.69, 9.17) is 4.42 Å². The van der Waals surface area contributed by atoms with E-state index in [2.05, 4.69) is 42.0 Å². The summed E-state index contributed by atoms with van der Waals surface area (Å²) in [6.45, 7) is 14.3. The number of furan rings is 1. The lowest BCUT2D eigenvalue weighted by atomic mass is 10.2. The number of nitrogens with zero attached hydrogens (tertiary/aromatic N) is 2. The van der Waals surface area contributed by atoms with Gasteiger partial charge in [-0.05, 0) is 31.5 Å². The number of nitrogens with one attached hydrogen (secondary N) is 1. The molecule has 4 heteroatoms. The second-order valence-electron chi connectivity index (χ2n) is 6.32. The lowest BCUT2D eigenvalue weighted by Gasteiger charge is -2.35.